The zero-order valence-corrected chi connectivity index (χ0v) is 8.45. The van der Waals surface area contributed by atoms with Gasteiger partial charge in [-0.25, -0.2) is 0 Å². The average molecular weight is 196 g/mol. The summed E-state index contributed by atoms with van der Waals surface area (Å²) in [5.41, 5.74) is 0.911. The molecule has 0 aliphatic carbocycles. The summed E-state index contributed by atoms with van der Waals surface area (Å²) in [6, 6.07) is 1.92. The summed E-state index contributed by atoms with van der Waals surface area (Å²) >= 11 is 0. The van der Waals surface area contributed by atoms with E-state index in [1.54, 1.807) is 0 Å². The van der Waals surface area contributed by atoms with Gasteiger partial charge in [-0.3, -0.25) is 0 Å². The molecule has 1 fully saturated rings. The Hall–Kier alpha value is -0.870. The second-order valence-electron chi connectivity index (χ2n) is 3.69. The van der Waals surface area contributed by atoms with Crippen LogP contribution in [0.15, 0.2) is 10.6 Å². The Morgan fingerprint density at radius 2 is 2.36 bits per heavy atom. The Morgan fingerprint density at radius 3 is 3.00 bits per heavy atom. The average Bonchev–Trinajstić information content (AvgIpc) is 2.63. The first-order chi connectivity index (χ1) is 6.84. The van der Waals surface area contributed by atoms with Gasteiger partial charge in [-0.1, -0.05) is 5.16 Å². The molecule has 1 aliphatic heterocycles. The number of aryl methyl sites for hydroxylation is 1. The van der Waals surface area contributed by atoms with E-state index in [4.69, 9.17) is 9.26 Å². The Labute approximate surface area is 83.6 Å². The smallest absolute Gasteiger partial charge is 0.162 e. The van der Waals surface area contributed by atoms with E-state index in [0.717, 1.165) is 37.4 Å². The first kappa shape index (κ1) is 9.68. The van der Waals surface area contributed by atoms with Crippen LogP contribution in [0.25, 0.3) is 0 Å². The lowest BCUT2D eigenvalue weighted by atomic mass is 10.1. The molecule has 0 atom stereocenters. The van der Waals surface area contributed by atoms with Crippen molar-refractivity contribution in [2.24, 2.45) is 0 Å². The van der Waals surface area contributed by atoms with E-state index in [1.165, 1.54) is 0 Å². The fourth-order valence-corrected chi connectivity index (χ4v) is 1.65. The highest BCUT2D eigenvalue weighted by molar-refractivity contribution is 5.01. The minimum absolute atomic E-state index is 0.377. The molecule has 0 spiro atoms. The molecular formula is C10H16N2O2. The normalized spacial score (nSPS) is 18.6. The summed E-state index contributed by atoms with van der Waals surface area (Å²) in [5, 5.41) is 7.11. The first-order valence-electron chi connectivity index (χ1n) is 5.09. The van der Waals surface area contributed by atoms with Crippen LogP contribution in [0, 0.1) is 6.92 Å². The van der Waals surface area contributed by atoms with Crippen molar-refractivity contribution in [3.63, 3.8) is 0 Å². The van der Waals surface area contributed by atoms with Crippen LogP contribution in [0.1, 0.15) is 24.3 Å². The number of aromatic nitrogens is 1. The monoisotopic (exact) mass is 196 g/mol. The highest BCUT2D eigenvalue weighted by Crippen LogP contribution is 2.11. The van der Waals surface area contributed by atoms with E-state index in [0.29, 0.717) is 12.7 Å². The fraction of sp³-hybridized carbons (Fsp3) is 0.700. The molecule has 1 aliphatic rings. The van der Waals surface area contributed by atoms with E-state index in [2.05, 4.69) is 10.5 Å². The van der Waals surface area contributed by atoms with Gasteiger partial charge in [0.1, 0.15) is 6.61 Å². The number of piperidine rings is 1. The molecule has 0 unspecified atom stereocenters. The molecule has 0 amide bonds. The van der Waals surface area contributed by atoms with Crippen LogP contribution in [-0.2, 0) is 11.3 Å². The van der Waals surface area contributed by atoms with Crippen molar-refractivity contribution in [2.75, 3.05) is 13.1 Å². The van der Waals surface area contributed by atoms with E-state index in [1.807, 2.05) is 13.0 Å². The van der Waals surface area contributed by atoms with Crippen molar-refractivity contribution >= 4 is 0 Å². The van der Waals surface area contributed by atoms with E-state index in [9.17, 15) is 0 Å². The van der Waals surface area contributed by atoms with Gasteiger partial charge < -0.3 is 14.6 Å². The highest BCUT2D eigenvalue weighted by Gasteiger charge is 2.13. The van der Waals surface area contributed by atoms with Crippen LogP contribution in [0.4, 0.5) is 0 Å². The van der Waals surface area contributed by atoms with Crippen LogP contribution in [0.5, 0.6) is 0 Å². The maximum atomic E-state index is 5.71. The van der Waals surface area contributed by atoms with Crippen molar-refractivity contribution in [1.82, 2.24) is 10.5 Å². The predicted octanol–water partition coefficient (Wildman–Crippen LogP) is 1.25. The quantitative estimate of drug-likeness (QED) is 0.790. The molecule has 0 saturated carbocycles. The lowest BCUT2D eigenvalue weighted by molar-refractivity contribution is 0.0107. The summed E-state index contributed by atoms with van der Waals surface area (Å²) in [5.74, 6) is 0.820. The number of hydrogen-bond acceptors (Lipinski definition) is 4. The van der Waals surface area contributed by atoms with Crippen molar-refractivity contribution in [3.8, 4) is 0 Å². The summed E-state index contributed by atoms with van der Waals surface area (Å²) in [6.07, 6.45) is 2.56. The molecule has 1 N–H and O–H groups in total. The molecule has 14 heavy (non-hydrogen) atoms. The lowest BCUT2D eigenvalue weighted by Gasteiger charge is -2.22. The summed E-state index contributed by atoms with van der Waals surface area (Å²) < 4.78 is 10.8. The molecular weight excluding hydrogens is 180 g/mol. The molecule has 4 heteroatoms. The molecule has 2 rings (SSSR count). The predicted molar refractivity (Wildman–Crippen MR) is 51.9 cm³/mol. The number of ether oxygens (including phenoxy) is 1. The molecule has 4 nitrogen and oxygen atoms in total. The zero-order chi connectivity index (χ0) is 9.80. The van der Waals surface area contributed by atoms with E-state index in [-0.39, 0.29) is 0 Å². The fourth-order valence-electron chi connectivity index (χ4n) is 1.65. The molecule has 0 radical (unpaired) electrons. The van der Waals surface area contributed by atoms with Crippen LogP contribution < -0.4 is 5.32 Å². The van der Waals surface area contributed by atoms with Gasteiger partial charge in [0, 0.05) is 6.07 Å². The van der Waals surface area contributed by atoms with Crippen LogP contribution in [-0.4, -0.2) is 24.4 Å². The summed E-state index contributed by atoms with van der Waals surface area (Å²) in [4.78, 5) is 0. The van der Waals surface area contributed by atoms with Gasteiger partial charge in [0.2, 0.25) is 0 Å². The van der Waals surface area contributed by atoms with Gasteiger partial charge >= 0.3 is 0 Å². The molecule has 1 saturated heterocycles. The summed E-state index contributed by atoms with van der Waals surface area (Å²) in [6.45, 7) is 4.57. The minimum Gasteiger partial charge on any atom is -0.370 e. The molecule has 0 bridgehead atoms. The van der Waals surface area contributed by atoms with Crippen molar-refractivity contribution in [2.45, 2.75) is 32.5 Å². The Balaban J connectivity index is 1.76. The molecule has 78 valence electrons. The van der Waals surface area contributed by atoms with E-state index >= 15 is 0 Å². The Morgan fingerprint density at radius 1 is 1.57 bits per heavy atom. The van der Waals surface area contributed by atoms with Gasteiger partial charge in [0.25, 0.3) is 0 Å². The Bertz CT molecular complexity index is 279. The van der Waals surface area contributed by atoms with Gasteiger partial charge in [-0.15, -0.1) is 0 Å². The number of rotatable bonds is 3. The van der Waals surface area contributed by atoms with Gasteiger partial charge in [-0.05, 0) is 32.9 Å². The van der Waals surface area contributed by atoms with Crippen molar-refractivity contribution in [3.05, 3.63) is 17.5 Å². The number of nitrogens with one attached hydrogen (secondary N) is 1. The van der Waals surface area contributed by atoms with Gasteiger partial charge in [0.05, 0.1) is 11.8 Å². The lowest BCUT2D eigenvalue weighted by Crippen LogP contribution is -2.32. The maximum absolute atomic E-state index is 5.71. The van der Waals surface area contributed by atoms with Gasteiger partial charge in [0.15, 0.2) is 5.76 Å². The SMILES string of the molecule is Cc1cc(COC2CCNCC2)on1. The Kier molecular flexibility index (Phi) is 3.16. The van der Waals surface area contributed by atoms with Crippen molar-refractivity contribution in [1.29, 1.82) is 0 Å². The van der Waals surface area contributed by atoms with Gasteiger partial charge in [-0.2, -0.15) is 0 Å². The minimum atomic E-state index is 0.377. The molecule has 1 aromatic rings. The number of nitrogens with zero attached hydrogens (tertiary/aromatic N) is 1. The largest absolute Gasteiger partial charge is 0.370 e. The maximum Gasteiger partial charge on any atom is 0.162 e. The highest BCUT2D eigenvalue weighted by atomic mass is 16.5. The van der Waals surface area contributed by atoms with Crippen LogP contribution in [0.3, 0.4) is 0 Å². The molecule has 1 aromatic heterocycles. The van der Waals surface area contributed by atoms with Crippen LogP contribution >= 0.6 is 0 Å². The standard InChI is InChI=1S/C10H16N2O2/c1-8-6-10(14-12-8)7-13-9-2-4-11-5-3-9/h6,9,11H,2-5,7H2,1H3. The third-order valence-corrected chi connectivity index (χ3v) is 2.42. The summed E-state index contributed by atoms with van der Waals surface area (Å²) in [7, 11) is 0. The molecule has 0 aromatic carbocycles. The topological polar surface area (TPSA) is 47.3 Å². The first-order valence-corrected chi connectivity index (χ1v) is 5.09. The molecule has 2 heterocycles. The third kappa shape index (κ3) is 2.56. The zero-order valence-electron chi connectivity index (χ0n) is 8.45. The number of hydrogen-bond donors (Lipinski definition) is 1. The third-order valence-electron chi connectivity index (χ3n) is 2.42. The van der Waals surface area contributed by atoms with Crippen LogP contribution in [0.2, 0.25) is 0 Å². The second-order valence-corrected chi connectivity index (χ2v) is 3.69. The van der Waals surface area contributed by atoms with E-state index < -0.39 is 0 Å². The second kappa shape index (κ2) is 4.57. The van der Waals surface area contributed by atoms with Crippen molar-refractivity contribution < 1.29 is 9.26 Å².